The third-order valence-electron chi connectivity index (χ3n) is 18.5. The normalized spacial score (nSPS) is 13.9. The molecule has 98 heavy (non-hydrogen) atoms. The van der Waals surface area contributed by atoms with Crippen molar-refractivity contribution in [3.05, 3.63) is 0 Å². The topological polar surface area (TPSA) is 237 Å². The second kappa shape index (κ2) is 70.7. The first-order valence-electron chi connectivity index (χ1n) is 41.0. The molecule has 0 aromatic heterocycles. The minimum Gasteiger partial charge on any atom is -0.462 e. The highest BCUT2D eigenvalue weighted by Crippen LogP contribution is 2.45. The van der Waals surface area contributed by atoms with Gasteiger partial charge in [-0.15, -0.1) is 0 Å². The molecule has 17 nitrogen and oxygen atoms in total. The number of hydrogen-bond donors (Lipinski definition) is 3. The molecule has 0 fully saturated rings. The summed E-state index contributed by atoms with van der Waals surface area (Å²) in [5.41, 5.74) is 0. The summed E-state index contributed by atoms with van der Waals surface area (Å²) < 4.78 is 68.7. The van der Waals surface area contributed by atoms with Gasteiger partial charge in [0, 0.05) is 25.7 Å². The van der Waals surface area contributed by atoms with Crippen LogP contribution in [-0.4, -0.2) is 96.7 Å². The van der Waals surface area contributed by atoms with E-state index < -0.39 is 97.5 Å². The van der Waals surface area contributed by atoms with Crippen LogP contribution in [0.2, 0.25) is 0 Å². The third kappa shape index (κ3) is 72.4. The van der Waals surface area contributed by atoms with E-state index in [1.807, 2.05) is 0 Å². The lowest BCUT2D eigenvalue weighted by Crippen LogP contribution is -2.30. The van der Waals surface area contributed by atoms with Gasteiger partial charge in [0.25, 0.3) is 0 Å². The van der Waals surface area contributed by atoms with Gasteiger partial charge in [-0.1, -0.05) is 363 Å². The van der Waals surface area contributed by atoms with E-state index in [1.165, 1.54) is 231 Å². The fourth-order valence-electron chi connectivity index (χ4n) is 12.2. The molecule has 19 heteroatoms. The van der Waals surface area contributed by atoms with Crippen LogP contribution in [0.4, 0.5) is 0 Å². The number of aliphatic hydroxyl groups excluding tert-OH is 1. The molecule has 0 saturated carbocycles. The Bertz CT molecular complexity index is 1890. The summed E-state index contributed by atoms with van der Waals surface area (Å²) in [5, 5.41) is 10.6. The molecule has 2 unspecified atom stereocenters. The highest BCUT2D eigenvalue weighted by atomic mass is 31.2. The molecule has 0 aliphatic carbocycles. The molecule has 582 valence electrons. The zero-order chi connectivity index (χ0) is 72.1. The van der Waals surface area contributed by atoms with Crippen LogP contribution in [0.5, 0.6) is 0 Å². The van der Waals surface area contributed by atoms with E-state index >= 15 is 0 Å². The number of carbonyl (C=O) groups is 4. The van der Waals surface area contributed by atoms with Crippen molar-refractivity contribution >= 4 is 39.5 Å². The fraction of sp³-hybridized carbons (Fsp3) is 0.949. The maximum atomic E-state index is 13.1. The molecular weight excluding hydrogens is 1280 g/mol. The lowest BCUT2D eigenvalue weighted by atomic mass is 10.0. The minimum atomic E-state index is -4.96. The zero-order valence-corrected chi connectivity index (χ0v) is 65.9. The summed E-state index contributed by atoms with van der Waals surface area (Å²) in [6, 6.07) is 0. The Kier molecular flexibility index (Phi) is 69.3. The average Bonchev–Trinajstić information content (AvgIpc) is 1.26. The van der Waals surface area contributed by atoms with Gasteiger partial charge in [0.15, 0.2) is 12.2 Å². The molecule has 0 radical (unpaired) electrons. The van der Waals surface area contributed by atoms with Crippen molar-refractivity contribution < 1.29 is 80.2 Å². The van der Waals surface area contributed by atoms with Crippen LogP contribution < -0.4 is 0 Å². The maximum Gasteiger partial charge on any atom is 0.472 e. The molecular formula is C79H154O17P2. The van der Waals surface area contributed by atoms with Gasteiger partial charge >= 0.3 is 39.5 Å². The van der Waals surface area contributed by atoms with Gasteiger partial charge in [0.05, 0.1) is 26.4 Å². The third-order valence-corrected chi connectivity index (χ3v) is 20.4. The van der Waals surface area contributed by atoms with Gasteiger partial charge in [0.2, 0.25) is 0 Å². The van der Waals surface area contributed by atoms with Gasteiger partial charge < -0.3 is 33.8 Å². The van der Waals surface area contributed by atoms with Crippen molar-refractivity contribution in [1.82, 2.24) is 0 Å². The molecule has 3 N–H and O–H groups in total. The number of ether oxygens (including phenoxy) is 4. The first kappa shape index (κ1) is 96.1. The van der Waals surface area contributed by atoms with Crippen LogP contribution in [0.15, 0.2) is 0 Å². The molecule has 0 aliphatic heterocycles. The number of carbonyl (C=O) groups excluding carboxylic acids is 4. The molecule has 0 spiro atoms. The molecule has 0 rings (SSSR count). The predicted octanol–water partition coefficient (Wildman–Crippen LogP) is 23.5. The Balaban J connectivity index is 5.25. The Morgan fingerprint density at radius 2 is 0.469 bits per heavy atom. The maximum absolute atomic E-state index is 13.1. The van der Waals surface area contributed by atoms with Crippen LogP contribution in [-0.2, 0) is 65.4 Å². The van der Waals surface area contributed by atoms with Crippen molar-refractivity contribution in [2.45, 2.75) is 432 Å². The van der Waals surface area contributed by atoms with E-state index in [4.69, 9.17) is 37.0 Å². The Morgan fingerprint density at radius 3 is 0.694 bits per heavy atom. The Labute approximate surface area is 600 Å². The molecule has 0 heterocycles. The number of phosphoric ester groups is 2. The SMILES string of the molecule is CCCCCCCCCCCCCCCCCCCCCC(=O)O[C@H](COC(=O)CCCCCCCCCCCCC(C)C)COP(=O)(O)OC[C@@H](O)COP(=O)(O)OC[C@@H](COC(=O)CCCCCCCCCCCCCCC)OC(=O)CCCCCCCCCCCCC(C)C. The molecule has 0 aliphatic rings. The highest BCUT2D eigenvalue weighted by Gasteiger charge is 2.30. The molecule has 5 atom stereocenters. The van der Waals surface area contributed by atoms with Crippen LogP contribution >= 0.6 is 15.6 Å². The highest BCUT2D eigenvalue weighted by molar-refractivity contribution is 7.47. The number of esters is 4. The van der Waals surface area contributed by atoms with Crippen molar-refractivity contribution in [2.75, 3.05) is 39.6 Å². The second-order valence-electron chi connectivity index (χ2n) is 29.4. The van der Waals surface area contributed by atoms with Gasteiger partial charge in [-0.2, -0.15) is 0 Å². The van der Waals surface area contributed by atoms with E-state index in [0.29, 0.717) is 25.7 Å². The van der Waals surface area contributed by atoms with Crippen LogP contribution in [0.25, 0.3) is 0 Å². The van der Waals surface area contributed by atoms with Gasteiger partial charge in [-0.25, -0.2) is 9.13 Å². The van der Waals surface area contributed by atoms with Crippen LogP contribution in [0.1, 0.15) is 414 Å². The van der Waals surface area contributed by atoms with E-state index in [0.717, 1.165) is 102 Å². The van der Waals surface area contributed by atoms with Crippen molar-refractivity contribution in [3.8, 4) is 0 Å². The second-order valence-corrected chi connectivity index (χ2v) is 32.3. The monoisotopic (exact) mass is 1440 g/mol. The zero-order valence-electron chi connectivity index (χ0n) is 64.1. The first-order chi connectivity index (χ1) is 47.4. The van der Waals surface area contributed by atoms with Crippen LogP contribution in [0.3, 0.4) is 0 Å². The van der Waals surface area contributed by atoms with E-state index in [9.17, 15) is 43.2 Å². The molecule has 0 aromatic carbocycles. The van der Waals surface area contributed by atoms with Gasteiger partial charge in [-0.05, 0) is 37.5 Å². The molecule has 0 amide bonds. The smallest absolute Gasteiger partial charge is 0.462 e. The fourth-order valence-corrected chi connectivity index (χ4v) is 13.8. The van der Waals surface area contributed by atoms with Crippen molar-refractivity contribution in [1.29, 1.82) is 0 Å². The van der Waals surface area contributed by atoms with E-state index in [1.54, 1.807) is 0 Å². The summed E-state index contributed by atoms with van der Waals surface area (Å²) in [6.07, 6.45) is 59.6. The lowest BCUT2D eigenvalue weighted by Gasteiger charge is -2.21. The van der Waals surface area contributed by atoms with Crippen LogP contribution in [0, 0.1) is 11.8 Å². The lowest BCUT2D eigenvalue weighted by molar-refractivity contribution is -0.161. The van der Waals surface area contributed by atoms with E-state index in [2.05, 4.69) is 41.5 Å². The summed E-state index contributed by atoms with van der Waals surface area (Å²) in [7, 11) is -9.92. The predicted molar refractivity (Wildman–Crippen MR) is 400 cm³/mol. The molecule has 0 aromatic rings. The summed E-state index contributed by atoms with van der Waals surface area (Å²) >= 11 is 0. The number of hydrogen-bond acceptors (Lipinski definition) is 15. The Hall–Kier alpha value is -1.94. The number of unbranched alkanes of at least 4 members (excludes halogenated alkanes) is 48. The summed E-state index contributed by atoms with van der Waals surface area (Å²) in [4.78, 5) is 73.0. The standard InChI is InChI=1S/C79H154O17P2/c1-7-9-11-13-15-17-19-21-22-23-24-25-26-28-30-39-45-51-57-63-78(83)95-74(68-90-77(82)62-56-50-44-38-33-31-35-41-47-53-59-71(3)4)69-93-97(85,86)91-65-73(80)66-92-98(87,88)94-70-75(96-79(84)64-58-52-46-40-34-32-36-42-48-54-60-72(5)6)67-89-76(81)61-55-49-43-37-29-27-20-18-16-14-12-10-8-2/h71-75,80H,7-70H2,1-6H3,(H,85,86)(H,87,88)/t73-,74-,75-/m1/s1. The van der Waals surface area contributed by atoms with Crippen molar-refractivity contribution in [2.24, 2.45) is 11.8 Å². The van der Waals surface area contributed by atoms with Gasteiger partial charge in [-0.3, -0.25) is 37.3 Å². The van der Waals surface area contributed by atoms with E-state index in [-0.39, 0.29) is 25.7 Å². The number of aliphatic hydroxyl groups is 1. The molecule has 0 bridgehead atoms. The first-order valence-corrected chi connectivity index (χ1v) is 44.0. The van der Waals surface area contributed by atoms with Crippen molar-refractivity contribution in [3.63, 3.8) is 0 Å². The quantitative estimate of drug-likeness (QED) is 0.0222. The number of phosphoric acid groups is 2. The minimum absolute atomic E-state index is 0.106. The summed E-state index contributed by atoms with van der Waals surface area (Å²) in [5.74, 6) is -0.600. The largest absolute Gasteiger partial charge is 0.472 e. The average molecular weight is 1440 g/mol. The van der Waals surface area contributed by atoms with Gasteiger partial charge in [0.1, 0.15) is 19.3 Å². The summed E-state index contributed by atoms with van der Waals surface area (Å²) in [6.45, 7) is 9.61. The Morgan fingerprint density at radius 1 is 0.276 bits per heavy atom. The number of rotatable bonds is 78. The molecule has 0 saturated heterocycles.